The second kappa shape index (κ2) is 11.6. The summed E-state index contributed by atoms with van der Waals surface area (Å²) < 4.78 is 0. The molecule has 6 nitrogen and oxygen atoms in total. The van der Waals surface area contributed by atoms with E-state index in [2.05, 4.69) is 39.6 Å². The van der Waals surface area contributed by atoms with Gasteiger partial charge in [0.05, 0.1) is 6.54 Å². The lowest BCUT2D eigenvalue weighted by atomic mass is 10.0. The molecule has 1 aliphatic rings. The fourth-order valence-corrected chi connectivity index (χ4v) is 4.07. The molecule has 0 unspecified atom stereocenters. The van der Waals surface area contributed by atoms with Gasteiger partial charge in [0, 0.05) is 44.8 Å². The van der Waals surface area contributed by atoms with Gasteiger partial charge in [0.2, 0.25) is 5.91 Å². The summed E-state index contributed by atoms with van der Waals surface area (Å²) in [7, 11) is 2.16. The minimum absolute atomic E-state index is 0.0553. The van der Waals surface area contributed by atoms with Crippen LogP contribution in [-0.2, 0) is 17.9 Å². The fraction of sp³-hybridized carbons (Fsp3) is 0.286. The van der Waals surface area contributed by atoms with Gasteiger partial charge in [-0.3, -0.25) is 14.5 Å². The molecule has 0 spiro atoms. The number of piperazine rings is 1. The molecule has 0 atom stereocenters. The van der Waals surface area contributed by atoms with Gasteiger partial charge >= 0.3 is 0 Å². The van der Waals surface area contributed by atoms with Crippen molar-refractivity contribution < 1.29 is 9.59 Å². The van der Waals surface area contributed by atoms with E-state index >= 15 is 0 Å². The minimum atomic E-state index is -0.260. The van der Waals surface area contributed by atoms with Gasteiger partial charge < -0.3 is 15.5 Å². The van der Waals surface area contributed by atoms with Crippen LogP contribution in [0.4, 0.5) is 0 Å². The molecular formula is C28H32N4O2. The Morgan fingerprint density at radius 3 is 2.18 bits per heavy atom. The number of hydrogen-bond donors (Lipinski definition) is 2. The Labute approximate surface area is 201 Å². The molecule has 1 aliphatic heterocycles. The molecule has 0 aromatic heterocycles. The number of rotatable bonds is 8. The summed E-state index contributed by atoms with van der Waals surface area (Å²) >= 11 is 0. The van der Waals surface area contributed by atoms with Crippen LogP contribution in [0.1, 0.15) is 21.5 Å². The van der Waals surface area contributed by atoms with Gasteiger partial charge in [0.15, 0.2) is 0 Å². The molecule has 0 saturated carbocycles. The van der Waals surface area contributed by atoms with Crippen LogP contribution < -0.4 is 10.6 Å². The summed E-state index contributed by atoms with van der Waals surface area (Å²) in [5, 5.41) is 5.60. The lowest BCUT2D eigenvalue weighted by Crippen LogP contribution is -2.43. The average molecular weight is 457 g/mol. The third-order valence-electron chi connectivity index (χ3n) is 6.15. The largest absolute Gasteiger partial charge is 0.350 e. The maximum atomic E-state index is 12.4. The molecule has 1 saturated heterocycles. The first-order valence-corrected chi connectivity index (χ1v) is 11.8. The topological polar surface area (TPSA) is 64.7 Å². The highest BCUT2D eigenvalue weighted by atomic mass is 16.2. The zero-order chi connectivity index (χ0) is 23.8. The van der Waals surface area contributed by atoms with Crippen LogP contribution in [0.15, 0.2) is 78.9 Å². The second-order valence-electron chi connectivity index (χ2n) is 8.80. The molecule has 2 N–H and O–H groups in total. The molecule has 1 fully saturated rings. The maximum Gasteiger partial charge on any atom is 0.251 e. The highest BCUT2D eigenvalue weighted by Crippen LogP contribution is 2.19. The third-order valence-corrected chi connectivity index (χ3v) is 6.15. The summed E-state index contributed by atoms with van der Waals surface area (Å²) in [5.74, 6) is -0.470. The van der Waals surface area contributed by atoms with Crippen molar-refractivity contribution in [2.45, 2.75) is 13.1 Å². The van der Waals surface area contributed by atoms with E-state index in [0.717, 1.165) is 49.4 Å². The van der Waals surface area contributed by atoms with Crippen molar-refractivity contribution >= 4 is 11.8 Å². The number of nitrogens with zero attached hydrogens (tertiary/aromatic N) is 2. The summed E-state index contributed by atoms with van der Waals surface area (Å²) in [6.07, 6.45) is 0. The highest BCUT2D eigenvalue weighted by molar-refractivity contribution is 5.96. The zero-order valence-electron chi connectivity index (χ0n) is 19.7. The van der Waals surface area contributed by atoms with Crippen molar-refractivity contribution in [2.75, 3.05) is 39.8 Å². The van der Waals surface area contributed by atoms with E-state index in [-0.39, 0.29) is 18.4 Å². The van der Waals surface area contributed by atoms with E-state index in [4.69, 9.17) is 0 Å². The first-order chi connectivity index (χ1) is 16.6. The van der Waals surface area contributed by atoms with Crippen molar-refractivity contribution in [3.05, 3.63) is 95.6 Å². The third kappa shape index (κ3) is 6.76. The average Bonchev–Trinajstić information content (AvgIpc) is 2.88. The molecule has 0 bridgehead atoms. The summed E-state index contributed by atoms with van der Waals surface area (Å²) in [4.78, 5) is 29.5. The summed E-state index contributed by atoms with van der Waals surface area (Å²) in [6.45, 7) is 5.65. The van der Waals surface area contributed by atoms with Crippen LogP contribution in [0.25, 0.3) is 11.1 Å². The van der Waals surface area contributed by atoms with Gasteiger partial charge in [-0.1, -0.05) is 66.7 Å². The van der Waals surface area contributed by atoms with Crippen LogP contribution in [0, 0.1) is 0 Å². The van der Waals surface area contributed by atoms with Crippen molar-refractivity contribution in [3.8, 4) is 11.1 Å². The summed E-state index contributed by atoms with van der Waals surface area (Å²) in [6, 6.07) is 25.7. The SMILES string of the molecule is CN1CCN(Cc2cccc(CNC(=O)CNC(=O)c3ccc(-c4ccccc4)cc3)c2)CC1. The van der Waals surface area contributed by atoms with E-state index in [9.17, 15) is 9.59 Å². The molecule has 6 heteroatoms. The van der Waals surface area contributed by atoms with Crippen LogP contribution in [-0.4, -0.2) is 61.4 Å². The molecule has 4 rings (SSSR count). The normalized spacial score (nSPS) is 14.5. The van der Waals surface area contributed by atoms with E-state index in [0.29, 0.717) is 12.1 Å². The van der Waals surface area contributed by atoms with Crippen molar-refractivity contribution in [1.29, 1.82) is 0 Å². The van der Waals surface area contributed by atoms with Crippen molar-refractivity contribution in [3.63, 3.8) is 0 Å². The molecule has 0 radical (unpaired) electrons. The van der Waals surface area contributed by atoms with Crippen LogP contribution in [0.5, 0.6) is 0 Å². The fourth-order valence-electron chi connectivity index (χ4n) is 4.07. The number of benzene rings is 3. The van der Waals surface area contributed by atoms with Crippen LogP contribution >= 0.6 is 0 Å². The first-order valence-electron chi connectivity index (χ1n) is 11.8. The predicted molar refractivity (Wildman–Crippen MR) is 135 cm³/mol. The molecular weight excluding hydrogens is 424 g/mol. The number of carbonyl (C=O) groups excluding carboxylic acids is 2. The smallest absolute Gasteiger partial charge is 0.251 e. The number of carbonyl (C=O) groups is 2. The highest BCUT2D eigenvalue weighted by Gasteiger charge is 2.14. The van der Waals surface area contributed by atoms with E-state index < -0.39 is 0 Å². The molecule has 0 aliphatic carbocycles. The van der Waals surface area contributed by atoms with Gasteiger partial charge in [-0.05, 0) is 41.4 Å². The van der Waals surface area contributed by atoms with Crippen LogP contribution in [0.2, 0.25) is 0 Å². The van der Waals surface area contributed by atoms with Crippen molar-refractivity contribution in [2.24, 2.45) is 0 Å². The molecule has 3 aromatic rings. The second-order valence-corrected chi connectivity index (χ2v) is 8.80. The Balaban J connectivity index is 1.22. The monoisotopic (exact) mass is 456 g/mol. The van der Waals surface area contributed by atoms with Gasteiger partial charge in [-0.2, -0.15) is 0 Å². The zero-order valence-corrected chi connectivity index (χ0v) is 19.7. The molecule has 176 valence electrons. The Hall–Kier alpha value is -3.48. The number of likely N-dealkylation sites (N-methyl/N-ethyl adjacent to an activating group) is 1. The van der Waals surface area contributed by atoms with E-state index in [1.807, 2.05) is 54.6 Å². The quantitative estimate of drug-likeness (QED) is 0.547. The van der Waals surface area contributed by atoms with Gasteiger partial charge in [-0.25, -0.2) is 0 Å². The van der Waals surface area contributed by atoms with E-state index in [1.54, 1.807) is 12.1 Å². The Kier molecular flexibility index (Phi) is 8.07. The van der Waals surface area contributed by atoms with Gasteiger partial charge in [-0.15, -0.1) is 0 Å². The molecule has 1 heterocycles. The molecule has 3 aromatic carbocycles. The van der Waals surface area contributed by atoms with E-state index in [1.165, 1.54) is 5.56 Å². The molecule has 2 amide bonds. The lowest BCUT2D eigenvalue weighted by molar-refractivity contribution is -0.120. The Morgan fingerprint density at radius 1 is 0.765 bits per heavy atom. The first kappa shape index (κ1) is 23.7. The number of nitrogens with one attached hydrogen (secondary N) is 2. The van der Waals surface area contributed by atoms with Crippen LogP contribution in [0.3, 0.4) is 0 Å². The Bertz CT molecular complexity index is 1090. The summed E-state index contributed by atoms with van der Waals surface area (Å²) in [5.41, 5.74) is 4.99. The standard InChI is InChI=1S/C28H32N4O2/c1-31-14-16-32(17-15-31)21-23-7-5-6-22(18-23)19-29-27(33)20-30-28(34)26-12-10-25(11-13-26)24-8-3-2-4-9-24/h2-13,18H,14-17,19-21H2,1H3,(H,29,33)(H,30,34). The number of hydrogen-bond acceptors (Lipinski definition) is 4. The lowest BCUT2D eigenvalue weighted by Gasteiger charge is -2.32. The minimum Gasteiger partial charge on any atom is -0.350 e. The number of amides is 2. The molecule has 34 heavy (non-hydrogen) atoms. The predicted octanol–water partition coefficient (Wildman–Crippen LogP) is 3.15. The Morgan fingerprint density at radius 2 is 1.44 bits per heavy atom. The van der Waals surface area contributed by atoms with Gasteiger partial charge in [0.25, 0.3) is 5.91 Å². The van der Waals surface area contributed by atoms with Crippen molar-refractivity contribution in [1.82, 2.24) is 20.4 Å². The maximum absolute atomic E-state index is 12.4. The van der Waals surface area contributed by atoms with Gasteiger partial charge in [0.1, 0.15) is 0 Å².